The lowest BCUT2D eigenvalue weighted by atomic mass is 9.94. The average molecular weight is 805 g/mol. The number of furan rings is 1. The molecule has 0 saturated heterocycles. The molecule has 0 bridgehead atoms. The van der Waals surface area contributed by atoms with Gasteiger partial charge in [-0.1, -0.05) is 170 Å². The van der Waals surface area contributed by atoms with Crippen molar-refractivity contribution in [1.82, 2.24) is 4.57 Å². The second kappa shape index (κ2) is 15.3. The Hall–Kier alpha value is -8.40. The number of para-hydroxylation sites is 3. The van der Waals surface area contributed by atoms with Crippen molar-refractivity contribution in [3.63, 3.8) is 0 Å². The normalized spacial score (nSPS) is 11.5. The summed E-state index contributed by atoms with van der Waals surface area (Å²) in [5, 5.41) is 4.75. The van der Waals surface area contributed by atoms with E-state index in [-0.39, 0.29) is 0 Å². The Morgan fingerprint density at radius 2 is 0.825 bits per heavy atom. The Balaban J connectivity index is 0.981. The quantitative estimate of drug-likeness (QED) is 0.153. The van der Waals surface area contributed by atoms with E-state index in [0.717, 1.165) is 83.6 Å². The predicted octanol–water partition coefficient (Wildman–Crippen LogP) is 16.8. The van der Waals surface area contributed by atoms with Crippen LogP contribution in [0.4, 0.5) is 17.1 Å². The van der Waals surface area contributed by atoms with Gasteiger partial charge >= 0.3 is 0 Å². The third-order valence-electron chi connectivity index (χ3n) is 12.4. The highest BCUT2D eigenvalue weighted by molar-refractivity contribution is 6.16. The number of aromatic nitrogens is 1. The van der Waals surface area contributed by atoms with Crippen molar-refractivity contribution >= 4 is 60.8 Å². The zero-order chi connectivity index (χ0) is 41.7. The lowest BCUT2D eigenvalue weighted by Crippen LogP contribution is -2.10. The topological polar surface area (TPSA) is 21.3 Å². The zero-order valence-electron chi connectivity index (χ0n) is 34.4. The van der Waals surface area contributed by atoms with Crippen molar-refractivity contribution < 1.29 is 4.42 Å². The molecule has 0 spiro atoms. The molecule has 0 radical (unpaired) electrons. The maximum Gasteiger partial charge on any atom is 0.143 e. The maximum atomic E-state index is 6.67. The van der Waals surface area contributed by atoms with Crippen LogP contribution < -0.4 is 4.90 Å². The minimum Gasteiger partial charge on any atom is -0.455 e. The molecule has 10 aromatic carbocycles. The van der Waals surface area contributed by atoms with Gasteiger partial charge < -0.3 is 13.9 Å². The first-order valence-corrected chi connectivity index (χ1v) is 21.5. The third kappa shape index (κ3) is 6.38. The van der Waals surface area contributed by atoms with E-state index in [0.29, 0.717) is 0 Å². The number of hydrogen-bond acceptors (Lipinski definition) is 2. The van der Waals surface area contributed by atoms with Gasteiger partial charge in [0.25, 0.3) is 0 Å². The van der Waals surface area contributed by atoms with E-state index >= 15 is 0 Å². The highest BCUT2D eigenvalue weighted by Crippen LogP contribution is 2.44. The molecule has 0 N–H and O–H groups in total. The summed E-state index contributed by atoms with van der Waals surface area (Å²) >= 11 is 0. The monoisotopic (exact) mass is 804 g/mol. The van der Waals surface area contributed by atoms with E-state index in [1.54, 1.807) is 0 Å². The molecule has 0 aliphatic rings. The standard InChI is InChI=1S/C60H40N2O/c1-3-16-41(17-4-1)44-20-13-23-48(38-44)61(47-34-32-42(33-35-47)45-21-14-25-50(39-45)62-56-29-10-7-26-53(56)54-27-8-11-30-57(54)62)49-24-15-22-46(40-49)51-36-37-52(43-18-5-2-6-19-43)60-59(51)55-28-9-12-31-58(55)63-60/h1-40H. The Kier molecular flexibility index (Phi) is 8.83. The van der Waals surface area contributed by atoms with Crippen LogP contribution in [0.25, 0.3) is 93.9 Å². The molecule has 12 aromatic rings. The lowest BCUT2D eigenvalue weighted by Gasteiger charge is -2.27. The van der Waals surface area contributed by atoms with Crippen LogP contribution in [0.15, 0.2) is 247 Å². The molecule has 63 heavy (non-hydrogen) atoms. The summed E-state index contributed by atoms with van der Waals surface area (Å²) in [5.74, 6) is 0. The van der Waals surface area contributed by atoms with E-state index in [1.165, 1.54) is 27.4 Å². The van der Waals surface area contributed by atoms with Gasteiger partial charge in [-0.25, -0.2) is 0 Å². The zero-order valence-corrected chi connectivity index (χ0v) is 34.4. The summed E-state index contributed by atoms with van der Waals surface area (Å²) in [4.78, 5) is 2.37. The fourth-order valence-corrected chi connectivity index (χ4v) is 9.46. The van der Waals surface area contributed by atoms with Gasteiger partial charge in [0.05, 0.1) is 11.0 Å². The SMILES string of the molecule is c1ccc(-c2cccc(N(c3ccc(-c4cccc(-n5c6ccccc6c6ccccc65)c4)cc3)c3cccc(-c4ccc(-c5ccccc5)c5oc6ccccc6c45)c3)c2)cc1. The first kappa shape index (κ1) is 36.5. The third-order valence-corrected chi connectivity index (χ3v) is 12.4. The van der Waals surface area contributed by atoms with Crippen molar-refractivity contribution in [1.29, 1.82) is 0 Å². The smallest absolute Gasteiger partial charge is 0.143 e. The molecule has 0 fully saturated rings. The van der Waals surface area contributed by atoms with E-state index in [9.17, 15) is 0 Å². The predicted molar refractivity (Wildman–Crippen MR) is 264 cm³/mol. The van der Waals surface area contributed by atoms with Crippen molar-refractivity contribution in [2.24, 2.45) is 0 Å². The molecule has 0 aliphatic heterocycles. The summed E-state index contributed by atoms with van der Waals surface area (Å²) in [6.07, 6.45) is 0. The van der Waals surface area contributed by atoms with E-state index < -0.39 is 0 Å². The van der Waals surface area contributed by atoms with Gasteiger partial charge in [-0.2, -0.15) is 0 Å². The molecule has 3 heteroatoms. The molecule has 0 atom stereocenters. The van der Waals surface area contributed by atoms with Gasteiger partial charge in [-0.3, -0.25) is 0 Å². The van der Waals surface area contributed by atoms with Crippen LogP contribution in [0.5, 0.6) is 0 Å². The van der Waals surface area contributed by atoms with Gasteiger partial charge in [0.2, 0.25) is 0 Å². The lowest BCUT2D eigenvalue weighted by molar-refractivity contribution is 0.670. The second-order valence-electron chi connectivity index (χ2n) is 16.1. The first-order chi connectivity index (χ1) is 31.2. The molecule has 0 saturated carbocycles. The van der Waals surface area contributed by atoms with E-state index in [4.69, 9.17) is 4.42 Å². The number of fused-ring (bicyclic) bond motifs is 6. The first-order valence-electron chi connectivity index (χ1n) is 21.5. The Labute approximate surface area is 366 Å². The Bertz CT molecular complexity index is 3570. The van der Waals surface area contributed by atoms with Crippen LogP contribution >= 0.6 is 0 Å². The van der Waals surface area contributed by atoms with Crippen LogP contribution in [-0.4, -0.2) is 4.57 Å². The highest BCUT2D eigenvalue weighted by atomic mass is 16.3. The second-order valence-corrected chi connectivity index (χ2v) is 16.1. The van der Waals surface area contributed by atoms with Gasteiger partial charge in [0, 0.05) is 49.9 Å². The molecular formula is C60H40N2O. The van der Waals surface area contributed by atoms with Gasteiger partial charge in [-0.15, -0.1) is 0 Å². The molecule has 3 nitrogen and oxygen atoms in total. The van der Waals surface area contributed by atoms with Crippen LogP contribution in [0.2, 0.25) is 0 Å². The minimum absolute atomic E-state index is 0.883. The van der Waals surface area contributed by atoms with Gasteiger partial charge in [0.15, 0.2) is 0 Å². The molecular weight excluding hydrogens is 765 g/mol. The fourth-order valence-electron chi connectivity index (χ4n) is 9.46. The fraction of sp³-hybridized carbons (Fsp3) is 0. The van der Waals surface area contributed by atoms with Crippen LogP contribution in [-0.2, 0) is 0 Å². The van der Waals surface area contributed by atoms with Crippen molar-refractivity contribution in [2.45, 2.75) is 0 Å². The molecule has 2 heterocycles. The van der Waals surface area contributed by atoms with Crippen molar-refractivity contribution in [3.05, 3.63) is 243 Å². The number of anilines is 3. The van der Waals surface area contributed by atoms with Crippen LogP contribution in [0.3, 0.4) is 0 Å². The minimum atomic E-state index is 0.883. The Morgan fingerprint density at radius 1 is 0.317 bits per heavy atom. The number of hydrogen-bond donors (Lipinski definition) is 0. The van der Waals surface area contributed by atoms with Crippen molar-refractivity contribution in [2.75, 3.05) is 4.90 Å². The average Bonchev–Trinajstić information content (AvgIpc) is 3.92. The molecule has 0 amide bonds. The maximum absolute atomic E-state index is 6.67. The largest absolute Gasteiger partial charge is 0.455 e. The van der Waals surface area contributed by atoms with Crippen LogP contribution in [0, 0.1) is 0 Å². The van der Waals surface area contributed by atoms with Gasteiger partial charge in [-0.05, 0) is 112 Å². The summed E-state index contributed by atoms with van der Waals surface area (Å²) in [7, 11) is 0. The summed E-state index contributed by atoms with van der Waals surface area (Å²) in [6.45, 7) is 0. The molecule has 296 valence electrons. The highest BCUT2D eigenvalue weighted by Gasteiger charge is 2.20. The number of rotatable bonds is 8. The number of benzene rings is 10. The molecule has 0 unspecified atom stereocenters. The van der Waals surface area contributed by atoms with E-state index in [1.807, 2.05) is 6.07 Å². The van der Waals surface area contributed by atoms with Gasteiger partial charge in [0.1, 0.15) is 11.2 Å². The summed E-state index contributed by atoms with van der Waals surface area (Å²) in [6, 6.07) is 87.0. The molecule has 12 rings (SSSR count). The van der Waals surface area contributed by atoms with E-state index in [2.05, 4.69) is 246 Å². The van der Waals surface area contributed by atoms with Crippen molar-refractivity contribution in [3.8, 4) is 50.2 Å². The molecule has 0 aliphatic carbocycles. The van der Waals surface area contributed by atoms with Crippen LogP contribution in [0.1, 0.15) is 0 Å². The summed E-state index contributed by atoms with van der Waals surface area (Å²) < 4.78 is 9.05. The number of nitrogens with zero attached hydrogens (tertiary/aromatic N) is 2. The summed E-state index contributed by atoms with van der Waals surface area (Å²) in [5.41, 5.74) is 17.7. The Morgan fingerprint density at radius 3 is 1.52 bits per heavy atom. The molecule has 2 aromatic heterocycles.